The predicted molar refractivity (Wildman–Crippen MR) is 112 cm³/mol. The number of amides is 1. The van der Waals surface area contributed by atoms with Crippen molar-refractivity contribution < 1.29 is 9.72 Å². The van der Waals surface area contributed by atoms with Gasteiger partial charge in [-0.05, 0) is 37.3 Å². The number of benzene rings is 2. The third-order valence-electron chi connectivity index (χ3n) is 5.32. The van der Waals surface area contributed by atoms with Gasteiger partial charge in [0.25, 0.3) is 11.6 Å². The van der Waals surface area contributed by atoms with Gasteiger partial charge in [0.1, 0.15) is 5.69 Å². The van der Waals surface area contributed by atoms with E-state index in [2.05, 4.69) is 16.4 Å². The van der Waals surface area contributed by atoms with Crippen LogP contribution in [0.2, 0.25) is 0 Å². The highest BCUT2D eigenvalue weighted by atomic mass is 16.6. The van der Waals surface area contributed by atoms with Gasteiger partial charge in [-0.1, -0.05) is 17.3 Å². The van der Waals surface area contributed by atoms with E-state index in [9.17, 15) is 14.9 Å². The summed E-state index contributed by atoms with van der Waals surface area (Å²) < 4.78 is 1.57. The number of nitriles is 1. The fraction of sp³-hybridized carbons (Fsp3) is 0.238. The molecule has 0 aliphatic carbocycles. The maximum atomic E-state index is 13.0. The number of hydrogen-bond donors (Lipinski definition) is 0. The van der Waals surface area contributed by atoms with Crippen molar-refractivity contribution in [1.29, 1.82) is 5.26 Å². The monoisotopic (exact) mass is 417 g/mol. The average molecular weight is 417 g/mol. The van der Waals surface area contributed by atoms with Crippen LogP contribution in [0.3, 0.4) is 0 Å². The maximum Gasteiger partial charge on any atom is 0.292 e. The van der Waals surface area contributed by atoms with E-state index in [1.165, 1.54) is 6.07 Å². The van der Waals surface area contributed by atoms with Crippen LogP contribution in [-0.4, -0.2) is 56.9 Å². The Hall–Kier alpha value is -4.26. The molecular formula is C21H19N7O3. The molecule has 31 heavy (non-hydrogen) atoms. The number of piperazine rings is 1. The molecule has 2 heterocycles. The molecule has 10 nitrogen and oxygen atoms in total. The Kier molecular flexibility index (Phi) is 5.32. The van der Waals surface area contributed by atoms with Gasteiger partial charge in [0.05, 0.1) is 27.9 Å². The van der Waals surface area contributed by atoms with E-state index in [0.29, 0.717) is 48.8 Å². The molecule has 1 aromatic heterocycles. The van der Waals surface area contributed by atoms with Crippen LogP contribution in [0.4, 0.5) is 11.4 Å². The van der Waals surface area contributed by atoms with E-state index in [4.69, 9.17) is 5.26 Å². The first-order chi connectivity index (χ1) is 15.0. The predicted octanol–water partition coefficient (Wildman–Crippen LogP) is 2.32. The quantitative estimate of drug-likeness (QED) is 0.472. The van der Waals surface area contributed by atoms with E-state index in [-0.39, 0.29) is 17.3 Å². The Labute approximate surface area is 178 Å². The van der Waals surface area contributed by atoms with Gasteiger partial charge in [0, 0.05) is 32.2 Å². The second kappa shape index (κ2) is 8.23. The largest absolute Gasteiger partial charge is 0.362 e. The third kappa shape index (κ3) is 3.81. The summed E-state index contributed by atoms with van der Waals surface area (Å²) in [6.07, 6.45) is 0. The Morgan fingerprint density at radius 3 is 2.42 bits per heavy atom. The lowest BCUT2D eigenvalue weighted by Crippen LogP contribution is -2.49. The summed E-state index contributed by atoms with van der Waals surface area (Å²) in [6.45, 7) is 3.59. The highest BCUT2D eigenvalue weighted by molar-refractivity contribution is 5.93. The lowest BCUT2D eigenvalue weighted by Gasteiger charge is -2.35. The van der Waals surface area contributed by atoms with Crippen LogP contribution in [0.25, 0.3) is 5.69 Å². The first kappa shape index (κ1) is 20.0. The van der Waals surface area contributed by atoms with Crippen LogP contribution in [0.1, 0.15) is 21.7 Å². The van der Waals surface area contributed by atoms with Gasteiger partial charge in [-0.15, -0.1) is 5.10 Å². The van der Waals surface area contributed by atoms with E-state index >= 15 is 0 Å². The molecule has 1 fully saturated rings. The Balaban J connectivity index is 1.48. The zero-order chi connectivity index (χ0) is 22.0. The lowest BCUT2D eigenvalue weighted by atomic mass is 10.2. The summed E-state index contributed by atoms with van der Waals surface area (Å²) in [4.78, 5) is 27.5. The topological polar surface area (TPSA) is 121 Å². The third-order valence-corrected chi connectivity index (χ3v) is 5.32. The minimum Gasteiger partial charge on any atom is -0.362 e. The number of nitro groups is 1. The molecule has 0 N–H and O–H groups in total. The summed E-state index contributed by atoms with van der Waals surface area (Å²) in [5.41, 5.74) is 2.74. The van der Waals surface area contributed by atoms with Gasteiger partial charge in [0.15, 0.2) is 5.69 Å². The fourth-order valence-corrected chi connectivity index (χ4v) is 3.64. The van der Waals surface area contributed by atoms with Crippen molar-refractivity contribution in [3.05, 3.63) is 75.6 Å². The molecule has 0 bridgehead atoms. The van der Waals surface area contributed by atoms with Gasteiger partial charge in [0.2, 0.25) is 0 Å². The molecule has 156 valence electrons. The van der Waals surface area contributed by atoms with Crippen LogP contribution < -0.4 is 4.90 Å². The van der Waals surface area contributed by atoms with Gasteiger partial charge >= 0.3 is 0 Å². The standard InChI is InChI=1S/C21H19N7O3/c1-15-20(23-24-27(15)17-8-6-16(14-22)7-9-17)21(29)26-12-10-25(11-13-26)18-4-2-3-5-19(18)28(30)31/h2-9H,10-13H2,1H3. The van der Waals surface area contributed by atoms with Gasteiger partial charge in [-0.3, -0.25) is 14.9 Å². The van der Waals surface area contributed by atoms with E-state index in [1.54, 1.807) is 59.0 Å². The number of nitro benzene ring substituents is 1. The molecular weight excluding hydrogens is 398 g/mol. The summed E-state index contributed by atoms with van der Waals surface area (Å²) in [7, 11) is 0. The van der Waals surface area contributed by atoms with Crippen LogP contribution in [-0.2, 0) is 0 Å². The van der Waals surface area contributed by atoms with E-state index in [0.717, 1.165) is 0 Å². The van der Waals surface area contributed by atoms with Crippen LogP contribution in [0.5, 0.6) is 0 Å². The van der Waals surface area contributed by atoms with Crippen LogP contribution in [0.15, 0.2) is 48.5 Å². The van der Waals surface area contributed by atoms with Crippen molar-refractivity contribution in [3.8, 4) is 11.8 Å². The van der Waals surface area contributed by atoms with Crippen LogP contribution >= 0.6 is 0 Å². The molecule has 0 spiro atoms. The number of para-hydroxylation sites is 2. The molecule has 1 saturated heterocycles. The number of carbonyl (C=O) groups is 1. The summed E-state index contributed by atoms with van der Waals surface area (Å²) in [6, 6.07) is 15.5. The number of nitrogens with zero attached hydrogens (tertiary/aromatic N) is 7. The molecule has 10 heteroatoms. The van der Waals surface area contributed by atoms with Crippen molar-refractivity contribution in [1.82, 2.24) is 19.9 Å². The molecule has 0 atom stereocenters. The van der Waals surface area contributed by atoms with Crippen molar-refractivity contribution in [2.75, 3.05) is 31.1 Å². The molecule has 2 aromatic carbocycles. The Bertz CT molecular complexity index is 1170. The normalized spacial score (nSPS) is 13.7. The summed E-state index contributed by atoms with van der Waals surface area (Å²) in [5, 5.41) is 28.4. The first-order valence-corrected chi connectivity index (χ1v) is 9.70. The Morgan fingerprint density at radius 1 is 1.10 bits per heavy atom. The molecule has 1 aliphatic rings. The SMILES string of the molecule is Cc1c(C(=O)N2CCN(c3ccccc3[N+](=O)[O-])CC2)nnn1-c1ccc(C#N)cc1. The van der Waals surface area contributed by atoms with Crippen molar-refractivity contribution in [2.24, 2.45) is 0 Å². The van der Waals surface area contributed by atoms with E-state index in [1.807, 2.05) is 4.90 Å². The second-order valence-electron chi connectivity index (χ2n) is 7.12. The second-order valence-corrected chi connectivity index (χ2v) is 7.12. The molecule has 0 radical (unpaired) electrons. The minimum absolute atomic E-state index is 0.0588. The summed E-state index contributed by atoms with van der Waals surface area (Å²) in [5.74, 6) is -0.223. The molecule has 1 amide bonds. The zero-order valence-electron chi connectivity index (χ0n) is 16.8. The van der Waals surface area contributed by atoms with Crippen molar-refractivity contribution in [3.63, 3.8) is 0 Å². The number of anilines is 1. The lowest BCUT2D eigenvalue weighted by molar-refractivity contribution is -0.384. The maximum absolute atomic E-state index is 13.0. The molecule has 1 aliphatic heterocycles. The number of rotatable bonds is 4. The zero-order valence-corrected chi connectivity index (χ0v) is 16.8. The molecule has 0 saturated carbocycles. The highest BCUT2D eigenvalue weighted by Crippen LogP contribution is 2.28. The molecule has 0 unspecified atom stereocenters. The minimum atomic E-state index is -0.391. The van der Waals surface area contributed by atoms with E-state index < -0.39 is 4.92 Å². The molecule has 4 rings (SSSR count). The van der Waals surface area contributed by atoms with Gasteiger partial charge < -0.3 is 9.80 Å². The average Bonchev–Trinajstić information content (AvgIpc) is 3.20. The van der Waals surface area contributed by atoms with Crippen molar-refractivity contribution in [2.45, 2.75) is 6.92 Å². The first-order valence-electron chi connectivity index (χ1n) is 9.70. The Morgan fingerprint density at radius 2 is 1.77 bits per heavy atom. The highest BCUT2D eigenvalue weighted by Gasteiger charge is 2.28. The number of hydrogen-bond acceptors (Lipinski definition) is 7. The summed E-state index contributed by atoms with van der Waals surface area (Å²) >= 11 is 0. The van der Waals surface area contributed by atoms with Crippen LogP contribution in [0, 0.1) is 28.4 Å². The van der Waals surface area contributed by atoms with Gasteiger partial charge in [-0.2, -0.15) is 5.26 Å². The smallest absolute Gasteiger partial charge is 0.292 e. The number of carbonyl (C=O) groups excluding carboxylic acids is 1. The fourth-order valence-electron chi connectivity index (χ4n) is 3.64. The van der Waals surface area contributed by atoms with Gasteiger partial charge in [-0.25, -0.2) is 4.68 Å². The molecule has 3 aromatic rings. The number of aromatic nitrogens is 3. The van der Waals surface area contributed by atoms with Crippen molar-refractivity contribution >= 4 is 17.3 Å².